The molecule has 0 radical (unpaired) electrons. The summed E-state index contributed by atoms with van der Waals surface area (Å²) in [6, 6.07) is 29.8. The maximum Gasteiger partial charge on any atom is 0.264 e. The van der Waals surface area contributed by atoms with Crippen LogP contribution in [0.2, 0.25) is 0 Å². The van der Waals surface area contributed by atoms with E-state index in [9.17, 15) is 18.0 Å². The van der Waals surface area contributed by atoms with Gasteiger partial charge in [-0.1, -0.05) is 55.5 Å². The summed E-state index contributed by atoms with van der Waals surface area (Å²) in [6.45, 7) is 5.01. The van der Waals surface area contributed by atoms with Gasteiger partial charge in [-0.3, -0.25) is 13.9 Å². The minimum absolute atomic E-state index is 0.0318. The smallest absolute Gasteiger partial charge is 0.264 e. The fourth-order valence-corrected chi connectivity index (χ4v) is 6.00. The minimum Gasteiger partial charge on any atom is -0.497 e. The summed E-state index contributed by atoms with van der Waals surface area (Å²) < 4.78 is 40.4. The Hall–Kier alpha value is -4.83. The number of anilines is 1. The molecular weight excluding hydrogens is 590 g/mol. The van der Waals surface area contributed by atoms with Gasteiger partial charge in [0.15, 0.2) is 0 Å². The molecule has 2 amide bonds. The molecule has 4 rings (SSSR count). The summed E-state index contributed by atoms with van der Waals surface area (Å²) >= 11 is 0. The van der Waals surface area contributed by atoms with Crippen molar-refractivity contribution in [1.82, 2.24) is 10.2 Å². The molecule has 0 aliphatic heterocycles. The third-order valence-corrected chi connectivity index (χ3v) is 9.16. The first-order valence-corrected chi connectivity index (χ1v) is 16.2. The van der Waals surface area contributed by atoms with Crippen molar-refractivity contribution in [2.24, 2.45) is 0 Å². The molecule has 9 nitrogen and oxygen atoms in total. The van der Waals surface area contributed by atoms with Gasteiger partial charge in [0.2, 0.25) is 11.8 Å². The Bertz CT molecular complexity index is 1660. The van der Waals surface area contributed by atoms with Gasteiger partial charge in [-0.15, -0.1) is 0 Å². The number of nitrogens with one attached hydrogen (secondary N) is 1. The van der Waals surface area contributed by atoms with Crippen LogP contribution in [0.3, 0.4) is 0 Å². The van der Waals surface area contributed by atoms with Gasteiger partial charge in [0.25, 0.3) is 10.0 Å². The predicted molar refractivity (Wildman–Crippen MR) is 175 cm³/mol. The van der Waals surface area contributed by atoms with Gasteiger partial charge in [0, 0.05) is 12.6 Å². The second-order valence-corrected chi connectivity index (χ2v) is 12.5. The van der Waals surface area contributed by atoms with Gasteiger partial charge in [-0.05, 0) is 86.5 Å². The number of carbonyl (C=O) groups is 2. The zero-order chi connectivity index (χ0) is 32.4. The number of ether oxygens (including phenoxy) is 2. The largest absolute Gasteiger partial charge is 0.497 e. The maximum atomic E-state index is 14.2. The molecule has 0 fully saturated rings. The number of sulfonamides is 1. The summed E-state index contributed by atoms with van der Waals surface area (Å²) in [5, 5.41) is 2.94. The summed E-state index contributed by atoms with van der Waals surface area (Å²) in [7, 11) is -2.63. The molecule has 0 spiro atoms. The van der Waals surface area contributed by atoms with Crippen molar-refractivity contribution < 1.29 is 27.5 Å². The molecule has 10 heteroatoms. The molecule has 0 aliphatic carbocycles. The SMILES string of the molecule is CCC(C)NC(=O)C(C)N(Cc1cccc(OC)c1)C(=O)CN(c1ccc(Oc2ccccc2)cc1)S(=O)(=O)c1ccccc1. The van der Waals surface area contributed by atoms with Crippen LogP contribution in [0, 0.1) is 0 Å². The first-order chi connectivity index (χ1) is 21.6. The molecule has 0 bridgehead atoms. The van der Waals surface area contributed by atoms with Crippen LogP contribution < -0.4 is 19.1 Å². The normalized spacial score (nSPS) is 12.4. The molecule has 0 aromatic heterocycles. The maximum absolute atomic E-state index is 14.2. The molecule has 4 aromatic rings. The lowest BCUT2D eigenvalue weighted by molar-refractivity contribution is -0.139. The summed E-state index contributed by atoms with van der Waals surface area (Å²) in [5.74, 6) is 0.854. The Kier molecular flexibility index (Phi) is 11.2. The zero-order valence-electron chi connectivity index (χ0n) is 25.9. The van der Waals surface area contributed by atoms with Gasteiger partial charge in [-0.25, -0.2) is 8.42 Å². The summed E-state index contributed by atoms with van der Waals surface area (Å²) in [5.41, 5.74) is 0.997. The van der Waals surface area contributed by atoms with Crippen LogP contribution in [-0.4, -0.2) is 50.9 Å². The molecule has 1 N–H and O–H groups in total. The lowest BCUT2D eigenvalue weighted by atomic mass is 10.1. The molecule has 236 valence electrons. The quantitative estimate of drug-likeness (QED) is 0.183. The molecule has 0 saturated heterocycles. The number of nitrogens with zero attached hydrogens (tertiary/aromatic N) is 2. The Labute approximate surface area is 265 Å². The second-order valence-electron chi connectivity index (χ2n) is 10.6. The van der Waals surface area contributed by atoms with Crippen molar-refractivity contribution in [3.05, 3.63) is 115 Å². The van der Waals surface area contributed by atoms with Crippen LogP contribution in [-0.2, 0) is 26.2 Å². The predicted octanol–water partition coefficient (Wildman–Crippen LogP) is 6.01. The van der Waals surface area contributed by atoms with E-state index < -0.39 is 28.5 Å². The molecule has 2 atom stereocenters. The zero-order valence-corrected chi connectivity index (χ0v) is 26.7. The highest BCUT2D eigenvalue weighted by atomic mass is 32.2. The first-order valence-electron chi connectivity index (χ1n) is 14.8. The lowest BCUT2D eigenvalue weighted by Crippen LogP contribution is -2.52. The van der Waals surface area contributed by atoms with Gasteiger partial charge in [0.1, 0.15) is 29.8 Å². The Morgan fingerprint density at radius 1 is 0.800 bits per heavy atom. The van der Waals surface area contributed by atoms with Crippen molar-refractivity contribution in [2.75, 3.05) is 18.0 Å². The van der Waals surface area contributed by atoms with E-state index in [4.69, 9.17) is 9.47 Å². The van der Waals surface area contributed by atoms with E-state index in [0.29, 0.717) is 17.2 Å². The van der Waals surface area contributed by atoms with E-state index in [1.165, 1.54) is 17.0 Å². The first kappa shape index (κ1) is 33.1. The summed E-state index contributed by atoms with van der Waals surface area (Å²) in [4.78, 5) is 28.8. The number of hydrogen-bond acceptors (Lipinski definition) is 6. The fraction of sp³-hybridized carbons (Fsp3) is 0.257. The summed E-state index contributed by atoms with van der Waals surface area (Å²) in [6.07, 6.45) is 0.718. The third kappa shape index (κ3) is 8.63. The van der Waals surface area contributed by atoms with E-state index >= 15 is 0 Å². The van der Waals surface area contributed by atoms with Crippen LogP contribution in [0.15, 0.2) is 114 Å². The lowest BCUT2D eigenvalue weighted by Gasteiger charge is -2.32. The van der Waals surface area contributed by atoms with Crippen LogP contribution in [0.5, 0.6) is 17.2 Å². The minimum atomic E-state index is -4.18. The molecule has 4 aromatic carbocycles. The van der Waals surface area contributed by atoms with Crippen molar-refractivity contribution in [1.29, 1.82) is 0 Å². The Balaban J connectivity index is 1.69. The highest BCUT2D eigenvalue weighted by molar-refractivity contribution is 7.92. The number of benzene rings is 4. The molecule has 0 heterocycles. The monoisotopic (exact) mass is 629 g/mol. The standard InChI is InChI=1S/C35H39N3O6S/c1-5-26(2)36-35(40)27(3)37(24-28-13-12-16-32(23-28)43-4)34(39)25-38(45(41,42)33-17-10-7-11-18-33)29-19-21-31(22-20-29)44-30-14-8-6-9-15-30/h6-23,26-27H,5,24-25H2,1-4H3,(H,36,40). The molecule has 45 heavy (non-hydrogen) atoms. The van der Waals surface area contributed by atoms with Crippen molar-refractivity contribution in [3.8, 4) is 17.2 Å². The second kappa shape index (κ2) is 15.3. The molecule has 2 unspecified atom stereocenters. The van der Waals surface area contributed by atoms with E-state index in [1.54, 1.807) is 74.7 Å². The van der Waals surface area contributed by atoms with Crippen LogP contribution in [0.4, 0.5) is 5.69 Å². The molecule has 0 aliphatic rings. The van der Waals surface area contributed by atoms with Crippen LogP contribution >= 0.6 is 0 Å². The topological polar surface area (TPSA) is 105 Å². The highest BCUT2D eigenvalue weighted by Gasteiger charge is 2.32. The number of methoxy groups -OCH3 is 1. The van der Waals surface area contributed by atoms with Crippen molar-refractivity contribution in [3.63, 3.8) is 0 Å². The Morgan fingerprint density at radius 2 is 1.40 bits per heavy atom. The van der Waals surface area contributed by atoms with E-state index in [0.717, 1.165) is 16.3 Å². The Morgan fingerprint density at radius 3 is 2.02 bits per heavy atom. The van der Waals surface area contributed by atoms with Gasteiger partial charge >= 0.3 is 0 Å². The van der Waals surface area contributed by atoms with E-state index in [1.807, 2.05) is 50.2 Å². The average Bonchev–Trinajstić information content (AvgIpc) is 3.07. The number of carbonyl (C=O) groups excluding carboxylic acids is 2. The van der Waals surface area contributed by atoms with E-state index in [2.05, 4.69) is 5.32 Å². The van der Waals surface area contributed by atoms with E-state index in [-0.39, 0.29) is 29.1 Å². The highest BCUT2D eigenvalue weighted by Crippen LogP contribution is 2.28. The fourth-order valence-electron chi connectivity index (χ4n) is 4.57. The van der Waals surface area contributed by atoms with Gasteiger partial charge in [0.05, 0.1) is 17.7 Å². The van der Waals surface area contributed by atoms with Crippen LogP contribution in [0.25, 0.3) is 0 Å². The van der Waals surface area contributed by atoms with Crippen LogP contribution in [0.1, 0.15) is 32.8 Å². The third-order valence-electron chi connectivity index (χ3n) is 7.37. The van der Waals surface area contributed by atoms with Gasteiger partial charge < -0.3 is 19.7 Å². The molecule has 0 saturated carbocycles. The number of rotatable bonds is 14. The molecular formula is C35H39N3O6S. The number of amides is 2. The number of hydrogen-bond donors (Lipinski definition) is 1. The van der Waals surface area contributed by atoms with Crippen molar-refractivity contribution >= 4 is 27.5 Å². The van der Waals surface area contributed by atoms with Crippen molar-refractivity contribution in [2.45, 2.75) is 50.7 Å². The van der Waals surface area contributed by atoms with Gasteiger partial charge in [-0.2, -0.15) is 0 Å². The number of para-hydroxylation sites is 1. The average molecular weight is 630 g/mol.